The van der Waals surface area contributed by atoms with Gasteiger partial charge in [0.2, 0.25) is 0 Å². The van der Waals surface area contributed by atoms with Crippen LogP contribution in [0.4, 0.5) is 0 Å². The molecule has 1 aliphatic heterocycles. The van der Waals surface area contributed by atoms with E-state index in [-0.39, 0.29) is 6.42 Å². The molecule has 3 N–H and O–H groups in total. The van der Waals surface area contributed by atoms with E-state index in [0.29, 0.717) is 0 Å². The highest BCUT2D eigenvalue weighted by molar-refractivity contribution is 5.72. The van der Waals surface area contributed by atoms with Crippen LogP contribution in [0.1, 0.15) is 13.3 Å². The molecule has 5 nitrogen and oxygen atoms in total. The third kappa shape index (κ3) is 1.74. The van der Waals surface area contributed by atoms with Crippen LogP contribution in [0, 0.1) is 0 Å². The molecule has 0 aromatic rings. The van der Waals surface area contributed by atoms with Crippen molar-refractivity contribution >= 4 is 5.97 Å². The monoisotopic (exact) mass is 176 g/mol. The van der Waals surface area contributed by atoms with Gasteiger partial charge in [-0.15, -0.1) is 0 Å². The van der Waals surface area contributed by atoms with Crippen LogP contribution in [-0.4, -0.2) is 45.7 Å². The summed E-state index contributed by atoms with van der Waals surface area (Å²) in [7, 11) is 0. The van der Waals surface area contributed by atoms with E-state index in [2.05, 4.69) is 4.74 Å². The Kier molecular flexibility index (Phi) is 2.66. The molecule has 0 radical (unpaired) electrons. The Labute approximate surface area is 69.6 Å². The van der Waals surface area contributed by atoms with Gasteiger partial charge in [0.1, 0.15) is 12.2 Å². The molecular weight excluding hydrogens is 164 g/mol. The molecule has 4 unspecified atom stereocenters. The first-order valence-corrected chi connectivity index (χ1v) is 3.76. The fraction of sp³-hybridized carbons (Fsp3) is 0.857. The molecule has 0 amide bonds. The Bertz CT molecular complexity index is 179. The van der Waals surface area contributed by atoms with E-state index in [1.54, 1.807) is 0 Å². The summed E-state index contributed by atoms with van der Waals surface area (Å²) in [6.45, 7) is 1.36. The molecule has 1 heterocycles. The standard InChI is InChI=1S/C7H12O5/c1-3(8)6(11)7-4(9)2-5(10)12-7/h3-4,6-9,11H,2H2,1H3. The third-order valence-corrected chi connectivity index (χ3v) is 1.85. The van der Waals surface area contributed by atoms with Crippen molar-refractivity contribution in [2.75, 3.05) is 0 Å². The Balaban J connectivity index is 2.57. The quantitative estimate of drug-likeness (QED) is 0.441. The summed E-state index contributed by atoms with van der Waals surface area (Å²) in [6.07, 6.45) is -4.35. The third-order valence-electron chi connectivity index (χ3n) is 1.85. The molecule has 0 bridgehead atoms. The van der Waals surface area contributed by atoms with Crippen molar-refractivity contribution < 1.29 is 24.9 Å². The molecule has 70 valence electrons. The van der Waals surface area contributed by atoms with Gasteiger partial charge in [0.15, 0.2) is 6.10 Å². The van der Waals surface area contributed by atoms with Gasteiger partial charge in [-0.1, -0.05) is 0 Å². The van der Waals surface area contributed by atoms with E-state index in [1.807, 2.05) is 0 Å². The number of hydrogen-bond donors (Lipinski definition) is 3. The fourth-order valence-electron chi connectivity index (χ4n) is 1.14. The lowest BCUT2D eigenvalue weighted by Crippen LogP contribution is -2.41. The molecule has 4 atom stereocenters. The summed E-state index contributed by atoms with van der Waals surface area (Å²) in [5, 5.41) is 27.3. The normalized spacial score (nSPS) is 34.5. The minimum Gasteiger partial charge on any atom is -0.457 e. The summed E-state index contributed by atoms with van der Waals surface area (Å²) in [4.78, 5) is 10.6. The summed E-state index contributed by atoms with van der Waals surface area (Å²) in [6, 6.07) is 0. The van der Waals surface area contributed by atoms with Gasteiger partial charge in [-0.25, -0.2) is 0 Å². The topological polar surface area (TPSA) is 87.0 Å². The van der Waals surface area contributed by atoms with E-state index >= 15 is 0 Å². The van der Waals surface area contributed by atoms with Gasteiger partial charge in [0, 0.05) is 0 Å². The van der Waals surface area contributed by atoms with Gasteiger partial charge < -0.3 is 20.1 Å². The van der Waals surface area contributed by atoms with Crippen molar-refractivity contribution in [3.8, 4) is 0 Å². The van der Waals surface area contributed by atoms with Crippen LogP contribution in [0.3, 0.4) is 0 Å². The van der Waals surface area contributed by atoms with Gasteiger partial charge in [0.25, 0.3) is 0 Å². The van der Waals surface area contributed by atoms with E-state index in [0.717, 1.165) is 0 Å². The maximum atomic E-state index is 10.6. The summed E-state index contributed by atoms with van der Waals surface area (Å²) in [5.41, 5.74) is 0. The average molecular weight is 176 g/mol. The molecule has 0 spiro atoms. The molecule has 12 heavy (non-hydrogen) atoms. The highest BCUT2D eigenvalue weighted by atomic mass is 16.6. The minimum atomic E-state index is -1.22. The van der Waals surface area contributed by atoms with Crippen molar-refractivity contribution in [1.29, 1.82) is 0 Å². The number of ether oxygens (including phenoxy) is 1. The molecular formula is C7H12O5. The van der Waals surface area contributed by atoms with Gasteiger partial charge in [-0.3, -0.25) is 4.79 Å². The van der Waals surface area contributed by atoms with Crippen LogP contribution in [0.25, 0.3) is 0 Å². The lowest BCUT2D eigenvalue weighted by molar-refractivity contribution is -0.150. The predicted molar refractivity (Wildman–Crippen MR) is 38.2 cm³/mol. The number of hydrogen-bond acceptors (Lipinski definition) is 5. The average Bonchev–Trinajstić information content (AvgIpc) is 2.28. The van der Waals surface area contributed by atoms with E-state index < -0.39 is 30.4 Å². The first-order valence-electron chi connectivity index (χ1n) is 3.76. The molecule has 1 fully saturated rings. The highest BCUT2D eigenvalue weighted by Crippen LogP contribution is 2.19. The number of rotatable bonds is 2. The lowest BCUT2D eigenvalue weighted by Gasteiger charge is -2.21. The first kappa shape index (κ1) is 9.44. The number of esters is 1. The molecule has 1 rings (SSSR count). The SMILES string of the molecule is CC(O)C(O)C1OC(=O)CC1O. The van der Waals surface area contributed by atoms with E-state index in [4.69, 9.17) is 10.2 Å². The summed E-state index contributed by atoms with van der Waals surface area (Å²) < 4.78 is 4.60. The number of carbonyl (C=O) groups is 1. The van der Waals surface area contributed by atoms with Crippen LogP contribution in [-0.2, 0) is 9.53 Å². The Morgan fingerprint density at radius 1 is 1.58 bits per heavy atom. The zero-order chi connectivity index (χ0) is 9.30. The Morgan fingerprint density at radius 2 is 2.17 bits per heavy atom. The molecule has 0 aromatic heterocycles. The van der Waals surface area contributed by atoms with Crippen molar-refractivity contribution in [3.63, 3.8) is 0 Å². The van der Waals surface area contributed by atoms with Crippen LogP contribution in [0.15, 0.2) is 0 Å². The summed E-state index contributed by atoms with van der Waals surface area (Å²) in [5.74, 6) is -0.549. The molecule has 0 aliphatic carbocycles. The number of cyclic esters (lactones) is 1. The number of aliphatic hydroxyl groups is 3. The van der Waals surface area contributed by atoms with Crippen LogP contribution < -0.4 is 0 Å². The highest BCUT2D eigenvalue weighted by Gasteiger charge is 2.40. The van der Waals surface area contributed by atoms with Gasteiger partial charge in [-0.05, 0) is 6.92 Å². The maximum absolute atomic E-state index is 10.6. The van der Waals surface area contributed by atoms with Crippen LogP contribution in [0.5, 0.6) is 0 Å². The van der Waals surface area contributed by atoms with Crippen molar-refractivity contribution in [1.82, 2.24) is 0 Å². The minimum absolute atomic E-state index is 0.117. The Hall–Kier alpha value is -0.650. The summed E-state index contributed by atoms with van der Waals surface area (Å²) >= 11 is 0. The van der Waals surface area contributed by atoms with Crippen molar-refractivity contribution in [2.24, 2.45) is 0 Å². The van der Waals surface area contributed by atoms with E-state index in [9.17, 15) is 9.90 Å². The second kappa shape index (κ2) is 3.38. The number of carbonyl (C=O) groups excluding carboxylic acids is 1. The molecule has 1 aliphatic rings. The predicted octanol–water partition coefficient (Wildman–Crippen LogP) is -1.60. The van der Waals surface area contributed by atoms with E-state index in [1.165, 1.54) is 6.92 Å². The van der Waals surface area contributed by atoms with Crippen molar-refractivity contribution in [2.45, 2.75) is 37.8 Å². The molecule has 0 saturated carbocycles. The zero-order valence-corrected chi connectivity index (χ0v) is 6.67. The fourth-order valence-corrected chi connectivity index (χ4v) is 1.14. The van der Waals surface area contributed by atoms with Gasteiger partial charge >= 0.3 is 5.97 Å². The second-order valence-corrected chi connectivity index (χ2v) is 2.96. The van der Waals surface area contributed by atoms with Crippen molar-refractivity contribution in [3.05, 3.63) is 0 Å². The Morgan fingerprint density at radius 3 is 2.50 bits per heavy atom. The maximum Gasteiger partial charge on any atom is 0.309 e. The van der Waals surface area contributed by atoms with Gasteiger partial charge in [0.05, 0.1) is 12.5 Å². The lowest BCUT2D eigenvalue weighted by atomic mass is 10.0. The second-order valence-electron chi connectivity index (χ2n) is 2.96. The largest absolute Gasteiger partial charge is 0.457 e. The molecule has 0 aromatic carbocycles. The molecule has 5 heteroatoms. The van der Waals surface area contributed by atoms with Crippen LogP contribution >= 0.6 is 0 Å². The first-order chi connectivity index (χ1) is 5.52. The number of aliphatic hydroxyl groups excluding tert-OH is 3. The molecule has 1 saturated heterocycles. The van der Waals surface area contributed by atoms with Crippen LogP contribution in [0.2, 0.25) is 0 Å². The smallest absolute Gasteiger partial charge is 0.309 e. The zero-order valence-electron chi connectivity index (χ0n) is 6.67. The van der Waals surface area contributed by atoms with Gasteiger partial charge in [-0.2, -0.15) is 0 Å².